The lowest BCUT2D eigenvalue weighted by Gasteiger charge is -2.41. The maximum atomic E-state index is 12.5. The van der Waals surface area contributed by atoms with E-state index in [4.69, 9.17) is 5.11 Å². The van der Waals surface area contributed by atoms with Crippen LogP contribution in [-0.2, 0) is 4.79 Å². The quantitative estimate of drug-likeness (QED) is 0.892. The third-order valence-corrected chi connectivity index (χ3v) is 4.81. The van der Waals surface area contributed by atoms with Gasteiger partial charge in [0.25, 0.3) is 5.91 Å². The van der Waals surface area contributed by atoms with Gasteiger partial charge in [-0.3, -0.25) is 9.59 Å². The van der Waals surface area contributed by atoms with Gasteiger partial charge in [-0.05, 0) is 42.8 Å². The molecule has 1 aliphatic rings. The van der Waals surface area contributed by atoms with Gasteiger partial charge < -0.3 is 15.0 Å². The molecular weight excluding hydrogens is 288 g/mol. The summed E-state index contributed by atoms with van der Waals surface area (Å²) in [4.78, 5) is 24.1. The van der Waals surface area contributed by atoms with Gasteiger partial charge >= 0.3 is 5.97 Å². The summed E-state index contributed by atoms with van der Waals surface area (Å²) in [5, 5.41) is 13.8. The predicted octanol–water partition coefficient (Wildman–Crippen LogP) is 2.67. The zero-order valence-corrected chi connectivity index (χ0v) is 12.2. The first-order valence-corrected chi connectivity index (χ1v) is 7.73. The Morgan fingerprint density at radius 2 is 2.05 bits per heavy atom. The highest BCUT2D eigenvalue weighted by atomic mass is 32.1. The number of carboxylic acids is 1. The molecule has 0 aromatic carbocycles. The van der Waals surface area contributed by atoms with Crippen molar-refractivity contribution in [3.63, 3.8) is 0 Å². The molecule has 1 saturated carbocycles. The molecule has 2 N–H and O–H groups in total. The topological polar surface area (TPSA) is 71.3 Å². The van der Waals surface area contributed by atoms with Crippen LogP contribution in [0.5, 0.6) is 0 Å². The lowest BCUT2D eigenvalue weighted by atomic mass is 9.74. The summed E-state index contributed by atoms with van der Waals surface area (Å²) in [6.45, 7) is 0. The van der Waals surface area contributed by atoms with Crippen molar-refractivity contribution < 1.29 is 14.7 Å². The number of nitrogens with one attached hydrogen (secondary N) is 1. The van der Waals surface area contributed by atoms with Crippen LogP contribution in [0.3, 0.4) is 0 Å². The summed E-state index contributed by atoms with van der Waals surface area (Å²) < 4.78 is 1.88. The zero-order chi connectivity index (χ0) is 14.9. The van der Waals surface area contributed by atoms with Crippen molar-refractivity contribution in [1.82, 2.24) is 9.88 Å². The van der Waals surface area contributed by atoms with Crippen LogP contribution in [0.4, 0.5) is 0 Å². The minimum absolute atomic E-state index is 0.0109. The van der Waals surface area contributed by atoms with Gasteiger partial charge in [0, 0.05) is 12.4 Å². The number of carbonyl (C=O) groups is 2. The number of rotatable bonds is 5. The Kier molecular flexibility index (Phi) is 3.55. The highest BCUT2D eigenvalue weighted by Crippen LogP contribution is 2.35. The summed E-state index contributed by atoms with van der Waals surface area (Å²) in [5.74, 6) is -1.05. The average molecular weight is 304 g/mol. The number of aromatic nitrogens is 1. The lowest BCUT2D eigenvalue weighted by molar-refractivity contribution is -0.139. The van der Waals surface area contributed by atoms with Gasteiger partial charge in [-0.1, -0.05) is 0 Å². The first kappa shape index (κ1) is 13.9. The molecule has 2 aromatic rings. The Morgan fingerprint density at radius 3 is 2.62 bits per heavy atom. The molecule has 0 aliphatic heterocycles. The molecule has 2 aromatic heterocycles. The van der Waals surface area contributed by atoms with E-state index in [-0.39, 0.29) is 12.3 Å². The second kappa shape index (κ2) is 5.37. The van der Waals surface area contributed by atoms with E-state index in [0.717, 1.165) is 24.9 Å². The maximum Gasteiger partial charge on any atom is 0.305 e. The fourth-order valence-electron chi connectivity index (χ4n) is 2.71. The fraction of sp³-hybridized carbons (Fsp3) is 0.333. The Labute approximate surface area is 126 Å². The number of nitrogens with zero attached hydrogens (tertiary/aromatic N) is 1. The maximum absolute atomic E-state index is 12.5. The van der Waals surface area contributed by atoms with Crippen molar-refractivity contribution in [2.45, 2.75) is 31.2 Å². The number of amides is 1. The van der Waals surface area contributed by atoms with E-state index in [1.54, 1.807) is 0 Å². The predicted molar refractivity (Wildman–Crippen MR) is 79.9 cm³/mol. The van der Waals surface area contributed by atoms with Crippen molar-refractivity contribution in [3.05, 3.63) is 40.8 Å². The van der Waals surface area contributed by atoms with Crippen molar-refractivity contribution in [2.75, 3.05) is 0 Å². The summed E-state index contributed by atoms with van der Waals surface area (Å²) in [6.07, 6.45) is 6.18. The molecule has 5 nitrogen and oxygen atoms in total. The lowest BCUT2D eigenvalue weighted by Crippen LogP contribution is -2.54. The summed E-state index contributed by atoms with van der Waals surface area (Å²) in [6, 6.07) is 5.69. The van der Waals surface area contributed by atoms with E-state index >= 15 is 0 Å². The molecule has 1 fully saturated rings. The first-order valence-electron chi connectivity index (χ1n) is 6.85. The largest absolute Gasteiger partial charge is 0.481 e. The van der Waals surface area contributed by atoms with E-state index < -0.39 is 11.5 Å². The normalized spacial score (nSPS) is 16.2. The first-order chi connectivity index (χ1) is 10.1. The molecule has 0 radical (unpaired) electrons. The monoisotopic (exact) mass is 304 g/mol. The van der Waals surface area contributed by atoms with Crippen molar-refractivity contribution in [1.29, 1.82) is 0 Å². The third-order valence-electron chi connectivity index (χ3n) is 3.91. The minimum Gasteiger partial charge on any atom is -0.481 e. The van der Waals surface area contributed by atoms with Gasteiger partial charge in [0.1, 0.15) is 4.88 Å². The highest BCUT2D eigenvalue weighted by Gasteiger charge is 2.40. The zero-order valence-electron chi connectivity index (χ0n) is 11.4. The SMILES string of the molecule is O=C(O)CC1(NC(=O)c2sccc2-n2cccc2)CCC1. The molecular formula is C15H16N2O3S. The van der Waals surface area contributed by atoms with E-state index in [9.17, 15) is 9.59 Å². The molecule has 1 aliphatic carbocycles. The fourth-order valence-corrected chi connectivity index (χ4v) is 3.49. The van der Waals surface area contributed by atoms with Crippen molar-refractivity contribution in [3.8, 4) is 5.69 Å². The van der Waals surface area contributed by atoms with Crippen molar-refractivity contribution >= 4 is 23.2 Å². The number of carbonyl (C=O) groups excluding carboxylic acids is 1. The number of aliphatic carboxylic acids is 1. The number of thiophene rings is 1. The van der Waals surface area contributed by atoms with Gasteiger partial charge in [0.05, 0.1) is 17.6 Å². The molecule has 3 rings (SSSR count). The highest BCUT2D eigenvalue weighted by molar-refractivity contribution is 7.12. The minimum atomic E-state index is -0.869. The Balaban J connectivity index is 1.80. The third kappa shape index (κ3) is 2.71. The Morgan fingerprint density at radius 1 is 1.33 bits per heavy atom. The van der Waals surface area contributed by atoms with Crippen LogP contribution in [0.15, 0.2) is 36.0 Å². The van der Waals surface area contributed by atoms with Gasteiger partial charge in [0.2, 0.25) is 0 Å². The van der Waals surface area contributed by atoms with Crippen LogP contribution in [-0.4, -0.2) is 27.1 Å². The molecule has 0 bridgehead atoms. The summed E-state index contributed by atoms with van der Waals surface area (Å²) in [5.41, 5.74) is 0.258. The van der Waals surface area contributed by atoms with E-state index in [1.165, 1.54) is 11.3 Å². The standard InChI is InChI=1S/C15H16N2O3S/c18-12(19)10-15(5-3-6-15)16-14(20)13-11(4-9-21-13)17-7-1-2-8-17/h1-2,4,7-9H,3,5-6,10H2,(H,16,20)(H,18,19). The van der Waals surface area contributed by atoms with Crippen LogP contribution >= 0.6 is 11.3 Å². The summed E-state index contributed by atoms with van der Waals surface area (Å²) in [7, 11) is 0. The number of carboxylic acid groups (broad SMARTS) is 1. The Bertz CT molecular complexity index is 656. The average Bonchev–Trinajstić information content (AvgIpc) is 3.05. The number of hydrogen-bond acceptors (Lipinski definition) is 3. The van der Waals surface area contributed by atoms with E-state index in [2.05, 4.69) is 5.32 Å². The molecule has 110 valence electrons. The van der Waals surface area contributed by atoms with Crippen LogP contribution in [0.1, 0.15) is 35.4 Å². The van der Waals surface area contributed by atoms with Gasteiger partial charge in [-0.2, -0.15) is 0 Å². The van der Waals surface area contributed by atoms with Gasteiger partial charge in [-0.15, -0.1) is 11.3 Å². The second-order valence-electron chi connectivity index (χ2n) is 5.38. The van der Waals surface area contributed by atoms with Gasteiger partial charge in [0.15, 0.2) is 0 Å². The Hall–Kier alpha value is -2.08. The van der Waals surface area contributed by atoms with E-state index in [1.807, 2.05) is 40.5 Å². The van der Waals surface area contributed by atoms with Crippen LogP contribution in [0.25, 0.3) is 5.69 Å². The van der Waals surface area contributed by atoms with Crippen LogP contribution < -0.4 is 5.32 Å². The van der Waals surface area contributed by atoms with Crippen LogP contribution in [0.2, 0.25) is 0 Å². The van der Waals surface area contributed by atoms with E-state index in [0.29, 0.717) is 4.88 Å². The summed E-state index contributed by atoms with van der Waals surface area (Å²) >= 11 is 1.37. The molecule has 0 spiro atoms. The van der Waals surface area contributed by atoms with Crippen molar-refractivity contribution in [2.24, 2.45) is 0 Å². The molecule has 21 heavy (non-hydrogen) atoms. The van der Waals surface area contributed by atoms with Crippen LogP contribution in [0, 0.1) is 0 Å². The molecule has 2 heterocycles. The molecule has 0 unspecified atom stereocenters. The smallest absolute Gasteiger partial charge is 0.305 e. The molecule has 1 amide bonds. The van der Waals surface area contributed by atoms with Gasteiger partial charge in [-0.25, -0.2) is 0 Å². The molecule has 0 atom stereocenters. The molecule has 6 heteroatoms. The second-order valence-corrected chi connectivity index (χ2v) is 6.30. The number of hydrogen-bond donors (Lipinski definition) is 2. The molecule has 0 saturated heterocycles.